The lowest BCUT2D eigenvalue weighted by Gasteiger charge is -2.30. The van der Waals surface area contributed by atoms with Crippen molar-refractivity contribution in [1.82, 2.24) is 10.2 Å². The molecule has 1 unspecified atom stereocenters. The van der Waals surface area contributed by atoms with E-state index in [1.807, 2.05) is 6.07 Å². The quantitative estimate of drug-likeness (QED) is 0.0744. The van der Waals surface area contributed by atoms with E-state index in [2.05, 4.69) is 16.0 Å². The number of thioether (sulfide) groups is 1. The second-order valence-corrected chi connectivity index (χ2v) is 16.0. The van der Waals surface area contributed by atoms with E-state index in [-0.39, 0.29) is 24.8 Å². The number of fused-ring (bicyclic) bond motifs is 1. The number of hydrogen-bond acceptors (Lipinski definition) is 10. The van der Waals surface area contributed by atoms with E-state index in [4.69, 9.17) is 14.2 Å². The maximum Gasteiger partial charge on any atom is 0.410 e. The Morgan fingerprint density at radius 3 is 2.36 bits per heavy atom. The molecular weight excluding hydrogens is 741 g/mol. The lowest BCUT2D eigenvalue weighted by molar-refractivity contribution is -0.115. The number of thiophene rings is 1. The average Bonchev–Trinajstić information content (AvgIpc) is 3.51. The van der Waals surface area contributed by atoms with Gasteiger partial charge in [-0.25, -0.2) is 9.59 Å². The van der Waals surface area contributed by atoms with Crippen LogP contribution in [0.5, 0.6) is 5.75 Å². The molecule has 5 rings (SSSR count). The van der Waals surface area contributed by atoms with Crippen LogP contribution in [0.25, 0.3) is 6.08 Å². The number of nitrogens with zero attached hydrogens (tertiary/aromatic N) is 1. The van der Waals surface area contributed by atoms with Gasteiger partial charge in [0.05, 0.1) is 31.1 Å². The number of methoxy groups -OCH3 is 1. The van der Waals surface area contributed by atoms with Gasteiger partial charge in [0, 0.05) is 27.6 Å². The monoisotopic (exact) mass is 784 g/mol. The highest BCUT2D eigenvalue weighted by atomic mass is 32.2. The first kappa shape index (κ1) is 40.6. The highest BCUT2D eigenvalue weighted by Gasteiger charge is 2.33. The van der Waals surface area contributed by atoms with E-state index in [9.17, 15) is 24.0 Å². The first-order valence-electron chi connectivity index (χ1n) is 17.6. The molecule has 0 saturated carbocycles. The standard InChI is InChI=1S/C41H44N4O8S2/c1-7-52-39(49)34-31-20-21-45(40(50)53-41(3,4)5)24-33(31)55-38(34)44-35(46)25(2)54-30-15-11-14-28(23-30)42-37(48)32(22-26-16-18-29(51-6)19-17-26)43-36(47)27-12-9-8-10-13-27/h8-19,22-23,25H,7,20-21,24H2,1-6H3,(H,42,48)(H,43,47)(H,44,46)/b32-22+. The van der Waals surface area contributed by atoms with E-state index in [0.717, 1.165) is 10.4 Å². The predicted molar refractivity (Wildman–Crippen MR) is 215 cm³/mol. The van der Waals surface area contributed by atoms with Crippen molar-refractivity contribution in [2.24, 2.45) is 0 Å². The van der Waals surface area contributed by atoms with Crippen LogP contribution in [0.2, 0.25) is 0 Å². The first-order chi connectivity index (χ1) is 26.2. The molecule has 55 heavy (non-hydrogen) atoms. The van der Waals surface area contributed by atoms with Gasteiger partial charge in [0.1, 0.15) is 22.0 Å². The van der Waals surface area contributed by atoms with Crippen molar-refractivity contribution in [3.63, 3.8) is 0 Å². The summed E-state index contributed by atoms with van der Waals surface area (Å²) in [5.41, 5.74) is 1.93. The number of anilines is 2. The molecule has 3 N–H and O–H groups in total. The Hall–Kier alpha value is -5.60. The third-order valence-electron chi connectivity index (χ3n) is 8.15. The summed E-state index contributed by atoms with van der Waals surface area (Å²) in [6.45, 7) is 9.63. The van der Waals surface area contributed by atoms with Gasteiger partial charge in [-0.1, -0.05) is 36.4 Å². The molecule has 4 amide bonds. The van der Waals surface area contributed by atoms with Crippen LogP contribution in [0.4, 0.5) is 15.5 Å². The maximum absolute atomic E-state index is 13.6. The number of rotatable bonds is 12. The van der Waals surface area contributed by atoms with E-state index >= 15 is 0 Å². The van der Waals surface area contributed by atoms with Gasteiger partial charge in [0.25, 0.3) is 11.8 Å². The largest absolute Gasteiger partial charge is 0.497 e. The van der Waals surface area contributed by atoms with Crippen molar-refractivity contribution in [2.45, 2.75) is 63.3 Å². The SMILES string of the molecule is CCOC(=O)c1c(NC(=O)C(C)Sc2cccc(NC(=O)/C(=C\c3ccc(OC)cc3)NC(=O)c3ccccc3)c2)sc2c1CCN(C(=O)OC(C)(C)C)C2. The Balaban J connectivity index is 1.29. The number of benzene rings is 3. The van der Waals surface area contributed by atoms with Crippen LogP contribution in [0.3, 0.4) is 0 Å². The average molecular weight is 785 g/mol. The van der Waals surface area contributed by atoms with Crippen LogP contribution >= 0.6 is 23.1 Å². The molecule has 1 aliphatic rings. The Morgan fingerprint density at radius 2 is 1.69 bits per heavy atom. The normalized spacial score (nSPS) is 13.2. The molecule has 12 nitrogen and oxygen atoms in total. The molecule has 0 spiro atoms. The van der Waals surface area contributed by atoms with Crippen molar-refractivity contribution in [2.75, 3.05) is 30.9 Å². The lowest BCUT2D eigenvalue weighted by Crippen LogP contribution is -2.39. The van der Waals surface area contributed by atoms with Gasteiger partial charge >= 0.3 is 12.1 Å². The number of ether oxygens (including phenoxy) is 3. The van der Waals surface area contributed by atoms with Gasteiger partial charge in [0.15, 0.2) is 0 Å². The van der Waals surface area contributed by atoms with E-state index in [0.29, 0.717) is 51.0 Å². The molecule has 14 heteroatoms. The molecule has 1 aromatic heterocycles. The van der Waals surface area contributed by atoms with Crippen molar-refractivity contribution >= 4 is 69.6 Å². The van der Waals surface area contributed by atoms with Crippen LogP contribution in [-0.2, 0) is 32.0 Å². The van der Waals surface area contributed by atoms with Crippen molar-refractivity contribution in [3.8, 4) is 5.75 Å². The minimum absolute atomic E-state index is 0.0232. The van der Waals surface area contributed by atoms with E-state index < -0.39 is 34.7 Å². The summed E-state index contributed by atoms with van der Waals surface area (Å²) < 4.78 is 16.2. The Morgan fingerprint density at radius 1 is 0.964 bits per heavy atom. The molecule has 0 aliphatic carbocycles. The van der Waals surface area contributed by atoms with Crippen LogP contribution in [0.15, 0.2) is 89.5 Å². The molecule has 3 aromatic carbocycles. The highest BCUT2D eigenvalue weighted by molar-refractivity contribution is 8.00. The number of amides is 4. The van der Waals surface area contributed by atoms with Gasteiger partial charge in [0.2, 0.25) is 5.91 Å². The van der Waals surface area contributed by atoms with Crippen LogP contribution in [0, 0.1) is 0 Å². The molecule has 0 fully saturated rings. The Labute approximate surface area is 328 Å². The summed E-state index contributed by atoms with van der Waals surface area (Å²) in [4.78, 5) is 69.3. The second kappa shape index (κ2) is 18.2. The van der Waals surface area contributed by atoms with Crippen molar-refractivity contribution in [3.05, 3.63) is 112 Å². The summed E-state index contributed by atoms with van der Waals surface area (Å²) in [6, 6.07) is 22.6. The zero-order valence-electron chi connectivity index (χ0n) is 31.5. The topological polar surface area (TPSA) is 152 Å². The number of carbonyl (C=O) groups excluding carboxylic acids is 5. The number of nitrogens with one attached hydrogen (secondary N) is 3. The van der Waals surface area contributed by atoms with Gasteiger partial charge < -0.3 is 35.1 Å². The third-order valence-corrected chi connectivity index (χ3v) is 10.4. The lowest BCUT2D eigenvalue weighted by atomic mass is 10.0. The minimum Gasteiger partial charge on any atom is -0.497 e. The molecule has 4 aromatic rings. The molecular formula is C41H44N4O8S2. The van der Waals surface area contributed by atoms with Gasteiger partial charge in [-0.15, -0.1) is 23.1 Å². The molecule has 288 valence electrons. The summed E-state index contributed by atoms with van der Waals surface area (Å²) in [5.74, 6) is -1.23. The van der Waals surface area contributed by atoms with Crippen LogP contribution in [0.1, 0.15) is 71.3 Å². The molecule has 0 saturated heterocycles. The van der Waals surface area contributed by atoms with Crippen LogP contribution < -0.4 is 20.7 Å². The molecule has 1 aliphatic heterocycles. The fourth-order valence-corrected chi connectivity index (χ4v) is 7.70. The van der Waals surface area contributed by atoms with Gasteiger partial charge in [-0.2, -0.15) is 0 Å². The predicted octanol–water partition coefficient (Wildman–Crippen LogP) is 7.76. The number of carbonyl (C=O) groups is 5. The minimum atomic E-state index is -0.654. The van der Waals surface area contributed by atoms with Crippen molar-refractivity contribution < 1.29 is 38.2 Å². The number of hydrogen-bond donors (Lipinski definition) is 3. The van der Waals surface area contributed by atoms with E-state index in [1.54, 1.807) is 126 Å². The fourth-order valence-electron chi connectivity index (χ4n) is 5.52. The van der Waals surface area contributed by atoms with Gasteiger partial charge in [-0.05, 0) is 101 Å². The second-order valence-electron chi connectivity index (χ2n) is 13.5. The summed E-state index contributed by atoms with van der Waals surface area (Å²) in [7, 11) is 1.56. The zero-order valence-corrected chi connectivity index (χ0v) is 33.2. The molecule has 0 bridgehead atoms. The first-order valence-corrected chi connectivity index (χ1v) is 19.3. The molecule has 0 radical (unpaired) electrons. The fraction of sp³-hybridized carbons (Fsp3) is 0.293. The van der Waals surface area contributed by atoms with E-state index in [1.165, 1.54) is 23.1 Å². The van der Waals surface area contributed by atoms with Crippen LogP contribution in [-0.4, -0.2) is 65.8 Å². The molecule has 1 atom stereocenters. The van der Waals surface area contributed by atoms with Gasteiger partial charge in [-0.3, -0.25) is 14.4 Å². The molecule has 2 heterocycles. The maximum atomic E-state index is 13.6. The third kappa shape index (κ3) is 11.0. The van der Waals surface area contributed by atoms with Crippen molar-refractivity contribution in [1.29, 1.82) is 0 Å². The summed E-state index contributed by atoms with van der Waals surface area (Å²) in [5, 5.41) is 8.27. The number of esters is 1. The Kier molecular flexibility index (Phi) is 13.4. The summed E-state index contributed by atoms with van der Waals surface area (Å²) >= 11 is 2.51. The summed E-state index contributed by atoms with van der Waals surface area (Å²) in [6.07, 6.45) is 1.53. The Bertz CT molecular complexity index is 2070. The smallest absolute Gasteiger partial charge is 0.410 e. The highest BCUT2D eigenvalue weighted by Crippen LogP contribution is 2.39. The zero-order chi connectivity index (χ0) is 39.7.